The lowest BCUT2D eigenvalue weighted by Crippen LogP contribution is -2.49. The standard InChI is InChI=1S/C25H28N2O5/c1-16(14-23(28)27-13-7-6-12-22(27)24(29)30)26-25(31)32-15-21-19-10-4-2-8-17(19)18-9-3-5-11-20(18)21/h2-5,8-11,16,21-22H,6-7,12-15H2,1H3,(H,26,31)(H,29,30)/t16-,22+/m1/s1. The van der Waals surface area contributed by atoms with Gasteiger partial charge >= 0.3 is 12.1 Å². The molecule has 1 heterocycles. The monoisotopic (exact) mass is 436 g/mol. The maximum Gasteiger partial charge on any atom is 0.407 e. The fourth-order valence-corrected chi connectivity index (χ4v) is 4.76. The van der Waals surface area contributed by atoms with Crippen LogP contribution in [-0.2, 0) is 14.3 Å². The number of aliphatic carboxylic acids is 1. The van der Waals surface area contributed by atoms with Gasteiger partial charge in [-0.2, -0.15) is 0 Å². The number of piperidine rings is 1. The van der Waals surface area contributed by atoms with Crippen LogP contribution in [0.1, 0.15) is 49.7 Å². The van der Waals surface area contributed by atoms with E-state index in [1.54, 1.807) is 6.92 Å². The number of fused-ring (bicyclic) bond motifs is 3. The lowest BCUT2D eigenvalue weighted by Gasteiger charge is -2.33. The SMILES string of the molecule is C[C@H](CC(=O)N1CCCC[C@H]1C(=O)O)NC(=O)OCC1c2ccccc2-c2ccccc21. The number of alkyl carbamates (subject to hydrolysis) is 1. The summed E-state index contributed by atoms with van der Waals surface area (Å²) in [4.78, 5) is 37.9. The number of amides is 2. The van der Waals surface area contributed by atoms with E-state index >= 15 is 0 Å². The lowest BCUT2D eigenvalue weighted by molar-refractivity contribution is -0.152. The number of rotatable bonds is 6. The fourth-order valence-electron chi connectivity index (χ4n) is 4.76. The van der Waals surface area contributed by atoms with Gasteiger partial charge in [0.2, 0.25) is 5.91 Å². The van der Waals surface area contributed by atoms with Gasteiger partial charge in [-0.1, -0.05) is 48.5 Å². The van der Waals surface area contributed by atoms with Crippen LogP contribution in [0.15, 0.2) is 48.5 Å². The van der Waals surface area contributed by atoms with Crippen molar-refractivity contribution in [2.45, 2.75) is 50.6 Å². The zero-order valence-electron chi connectivity index (χ0n) is 18.1. The molecule has 7 nitrogen and oxygen atoms in total. The number of ether oxygens (including phenoxy) is 1. The van der Waals surface area contributed by atoms with Crippen molar-refractivity contribution in [1.82, 2.24) is 10.2 Å². The Labute approximate surface area is 187 Å². The Morgan fingerprint density at radius 3 is 2.31 bits per heavy atom. The second-order valence-electron chi connectivity index (χ2n) is 8.51. The van der Waals surface area contributed by atoms with Gasteiger partial charge in [0.1, 0.15) is 12.6 Å². The molecule has 0 unspecified atom stereocenters. The van der Waals surface area contributed by atoms with Gasteiger partial charge in [0, 0.05) is 24.9 Å². The number of nitrogens with one attached hydrogen (secondary N) is 1. The summed E-state index contributed by atoms with van der Waals surface area (Å²) < 4.78 is 5.53. The fraction of sp³-hybridized carbons (Fsp3) is 0.400. The first-order valence-electron chi connectivity index (χ1n) is 11.1. The number of hydrogen-bond acceptors (Lipinski definition) is 4. The number of carbonyl (C=O) groups excluding carboxylic acids is 2. The normalized spacial score (nSPS) is 18.4. The largest absolute Gasteiger partial charge is 0.480 e. The van der Waals surface area contributed by atoms with Crippen LogP contribution < -0.4 is 5.32 Å². The van der Waals surface area contributed by atoms with E-state index in [-0.39, 0.29) is 24.9 Å². The van der Waals surface area contributed by atoms with E-state index in [9.17, 15) is 19.5 Å². The number of carboxylic acid groups (broad SMARTS) is 1. The molecular weight excluding hydrogens is 408 g/mol. The van der Waals surface area contributed by atoms with E-state index in [0.29, 0.717) is 13.0 Å². The molecule has 1 aliphatic carbocycles. The second kappa shape index (κ2) is 9.42. The molecule has 1 fully saturated rings. The third kappa shape index (κ3) is 4.47. The number of likely N-dealkylation sites (tertiary alicyclic amines) is 1. The zero-order valence-corrected chi connectivity index (χ0v) is 18.1. The number of carbonyl (C=O) groups is 3. The van der Waals surface area contributed by atoms with Crippen molar-refractivity contribution in [3.8, 4) is 11.1 Å². The Bertz CT molecular complexity index is 975. The van der Waals surface area contributed by atoms with Gasteiger partial charge in [-0.3, -0.25) is 4.79 Å². The number of carboxylic acids is 1. The van der Waals surface area contributed by atoms with Crippen molar-refractivity contribution in [2.75, 3.05) is 13.2 Å². The summed E-state index contributed by atoms with van der Waals surface area (Å²) in [5.41, 5.74) is 4.58. The minimum atomic E-state index is -0.977. The molecule has 2 atom stereocenters. The molecule has 0 bridgehead atoms. The van der Waals surface area contributed by atoms with Crippen LogP contribution in [0.5, 0.6) is 0 Å². The molecule has 2 N–H and O–H groups in total. The molecular formula is C25H28N2O5. The highest BCUT2D eigenvalue weighted by atomic mass is 16.5. The van der Waals surface area contributed by atoms with E-state index in [1.807, 2.05) is 24.3 Å². The Balaban J connectivity index is 1.32. The predicted molar refractivity (Wildman–Crippen MR) is 119 cm³/mol. The van der Waals surface area contributed by atoms with Crippen LogP contribution in [0.25, 0.3) is 11.1 Å². The average Bonchev–Trinajstić information content (AvgIpc) is 3.11. The predicted octanol–water partition coefficient (Wildman–Crippen LogP) is 3.77. The summed E-state index contributed by atoms with van der Waals surface area (Å²) >= 11 is 0. The van der Waals surface area contributed by atoms with E-state index in [0.717, 1.165) is 35.1 Å². The molecule has 4 rings (SSSR count). The molecule has 7 heteroatoms. The van der Waals surface area contributed by atoms with E-state index in [2.05, 4.69) is 29.6 Å². The molecule has 2 aromatic rings. The Morgan fingerprint density at radius 2 is 1.69 bits per heavy atom. The van der Waals surface area contributed by atoms with Crippen LogP contribution in [0.3, 0.4) is 0 Å². The first-order valence-corrected chi connectivity index (χ1v) is 11.1. The van der Waals surface area contributed by atoms with Crippen molar-refractivity contribution >= 4 is 18.0 Å². The van der Waals surface area contributed by atoms with Gasteiger partial charge in [-0.05, 0) is 48.4 Å². The summed E-state index contributed by atoms with van der Waals surface area (Å²) in [6.45, 7) is 2.36. The highest BCUT2D eigenvalue weighted by molar-refractivity contribution is 5.84. The summed E-state index contributed by atoms with van der Waals surface area (Å²) in [7, 11) is 0. The van der Waals surface area contributed by atoms with Gasteiger partial charge in [-0.15, -0.1) is 0 Å². The van der Waals surface area contributed by atoms with Gasteiger partial charge in [-0.25, -0.2) is 9.59 Å². The van der Waals surface area contributed by atoms with Gasteiger partial charge in [0.05, 0.1) is 0 Å². The van der Waals surface area contributed by atoms with Crippen molar-refractivity contribution in [3.63, 3.8) is 0 Å². The summed E-state index contributed by atoms with van der Waals surface area (Å²) in [6.07, 6.45) is 1.52. The second-order valence-corrected chi connectivity index (χ2v) is 8.51. The van der Waals surface area contributed by atoms with E-state index in [4.69, 9.17) is 4.74 Å². The summed E-state index contributed by atoms with van der Waals surface area (Å²) in [5, 5.41) is 12.1. The van der Waals surface area contributed by atoms with Gasteiger partial charge in [0.15, 0.2) is 0 Å². The Kier molecular flexibility index (Phi) is 6.44. The minimum absolute atomic E-state index is 0.0326. The van der Waals surface area contributed by atoms with Crippen LogP contribution in [0, 0.1) is 0 Å². The minimum Gasteiger partial charge on any atom is -0.480 e. The molecule has 168 valence electrons. The first kappa shape index (κ1) is 21.9. The Hall–Kier alpha value is -3.35. The summed E-state index contributed by atoms with van der Waals surface area (Å²) in [5.74, 6) is -1.27. The topological polar surface area (TPSA) is 95.9 Å². The summed E-state index contributed by atoms with van der Waals surface area (Å²) in [6, 6.07) is 15.0. The Morgan fingerprint density at radius 1 is 1.06 bits per heavy atom. The number of benzene rings is 2. The molecule has 0 saturated carbocycles. The third-order valence-corrected chi connectivity index (χ3v) is 6.30. The van der Waals surface area contributed by atoms with Gasteiger partial charge < -0.3 is 20.1 Å². The molecule has 0 radical (unpaired) electrons. The number of hydrogen-bond donors (Lipinski definition) is 2. The van der Waals surface area contributed by atoms with Crippen molar-refractivity contribution in [3.05, 3.63) is 59.7 Å². The molecule has 2 aliphatic rings. The zero-order chi connectivity index (χ0) is 22.7. The highest BCUT2D eigenvalue weighted by Crippen LogP contribution is 2.44. The van der Waals surface area contributed by atoms with Crippen LogP contribution in [0.2, 0.25) is 0 Å². The molecule has 2 amide bonds. The van der Waals surface area contributed by atoms with Gasteiger partial charge in [0.25, 0.3) is 0 Å². The molecule has 2 aromatic carbocycles. The maximum absolute atomic E-state index is 12.6. The lowest BCUT2D eigenvalue weighted by atomic mass is 9.98. The smallest absolute Gasteiger partial charge is 0.407 e. The van der Waals surface area contributed by atoms with Crippen molar-refractivity contribution in [1.29, 1.82) is 0 Å². The molecule has 0 aromatic heterocycles. The molecule has 1 saturated heterocycles. The van der Waals surface area contributed by atoms with Crippen molar-refractivity contribution in [2.24, 2.45) is 0 Å². The van der Waals surface area contributed by atoms with Crippen LogP contribution in [-0.4, -0.2) is 53.2 Å². The van der Waals surface area contributed by atoms with Crippen LogP contribution in [0.4, 0.5) is 4.79 Å². The van der Waals surface area contributed by atoms with E-state index in [1.165, 1.54) is 4.90 Å². The average molecular weight is 437 g/mol. The van der Waals surface area contributed by atoms with Crippen molar-refractivity contribution < 1.29 is 24.2 Å². The quantitative estimate of drug-likeness (QED) is 0.719. The number of nitrogens with zero attached hydrogens (tertiary/aromatic N) is 1. The van der Waals surface area contributed by atoms with E-state index < -0.39 is 24.1 Å². The molecule has 1 aliphatic heterocycles. The maximum atomic E-state index is 12.6. The first-order chi connectivity index (χ1) is 15.5. The van der Waals surface area contributed by atoms with Crippen LogP contribution >= 0.6 is 0 Å². The molecule has 0 spiro atoms. The molecule has 32 heavy (non-hydrogen) atoms. The highest BCUT2D eigenvalue weighted by Gasteiger charge is 2.33. The third-order valence-electron chi connectivity index (χ3n) is 6.30.